The average Bonchev–Trinajstić information content (AvgIpc) is 2.37. The molecule has 5 heteroatoms. The normalized spacial score (nSPS) is 17.4. The summed E-state index contributed by atoms with van der Waals surface area (Å²) in [6.07, 6.45) is 1.64. The zero-order valence-electron chi connectivity index (χ0n) is 11.0. The Morgan fingerprint density at radius 2 is 2.11 bits per heavy atom. The fourth-order valence-electron chi connectivity index (χ4n) is 2.54. The van der Waals surface area contributed by atoms with Crippen molar-refractivity contribution >= 4 is 5.91 Å². The zero-order chi connectivity index (χ0) is 13.8. The summed E-state index contributed by atoms with van der Waals surface area (Å²) in [7, 11) is 1.66. The maximum absolute atomic E-state index is 13.2. The Kier molecular flexibility index (Phi) is 4.37. The van der Waals surface area contributed by atoms with Crippen LogP contribution >= 0.6 is 0 Å². The van der Waals surface area contributed by atoms with Gasteiger partial charge in [-0.3, -0.25) is 9.69 Å². The van der Waals surface area contributed by atoms with Crippen LogP contribution in [-0.2, 0) is 11.3 Å². The maximum Gasteiger partial charge on any atom is 0.222 e. The number of halogens is 1. The zero-order valence-corrected chi connectivity index (χ0v) is 11.0. The number of piperidine rings is 1. The van der Waals surface area contributed by atoms with Crippen molar-refractivity contribution in [3.8, 4) is 5.75 Å². The lowest BCUT2D eigenvalue weighted by Crippen LogP contribution is -2.39. The first-order chi connectivity index (χ1) is 9.08. The molecule has 0 spiro atoms. The van der Waals surface area contributed by atoms with Crippen LogP contribution in [0.5, 0.6) is 5.75 Å². The monoisotopic (exact) mass is 266 g/mol. The molecule has 1 saturated heterocycles. The third-order valence-electron chi connectivity index (χ3n) is 3.55. The first-order valence-electron chi connectivity index (χ1n) is 6.51. The van der Waals surface area contributed by atoms with Gasteiger partial charge in [0.05, 0.1) is 0 Å². The molecule has 0 unspecified atom stereocenters. The van der Waals surface area contributed by atoms with Crippen molar-refractivity contribution in [2.24, 2.45) is 5.92 Å². The number of hydrogen-bond donors (Lipinski definition) is 2. The first kappa shape index (κ1) is 13.8. The molecule has 0 bridgehead atoms. The Balaban J connectivity index is 1.90. The van der Waals surface area contributed by atoms with Crippen molar-refractivity contribution in [3.05, 3.63) is 29.6 Å². The summed E-state index contributed by atoms with van der Waals surface area (Å²) in [6, 6.07) is 4.11. The van der Waals surface area contributed by atoms with Crippen LogP contribution in [-0.4, -0.2) is 36.1 Å². The van der Waals surface area contributed by atoms with E-state index in [1.807, 2.05) is 0 Å². The number of rotatable bonds is 3. The number of aromatic hydroxyl groups is 1. The van der Waals surface area contributed by atoms with E-state index in [9.17, 15) is 14.3 Å². The van der Waals surface area contributed by atoms with Crippen LogP contribution in [0, 0.1) is 11.7 Å². The first-order valence-corrected chi connectivity index (χ1v) is 6.51. The van der Waals surface area contributed by atoms with Gasteiger partial charge in [0.25, 0.3) is 0 Å². The van der Waals surface area contributed by atoms with Gasteiger partial charge < -0.3 is 10.4 Å². The Morgan fingerprint density at radius 3 is 2.68 bits per heavy atom. The van der Waals surface area contributed by atoms with Crippen LogP contribution < -0.4 is 5.32 Å². The molecule has 1 aromatic carbocycles. The molecule has 1 fully saturated rings. The number of phenols is 1. The molecular formula is C14H19FN2O2. The highest BCUT2D eigenvalue weighted by molar-refractivity contribution is 5.78. The highest BCUT2D eigenvalue weighted by Crippen LogP contribution is 2.21. The highest BCUT2D eigenvalue weighted by Gasteiger charge is 2.24. The number of likely N-dealkylation sites (tertiary alicyclic amines) is 1. The average molecular weight is 266 g/mol. The maximum atomic E-state index is 13.2. The molecule has 2 N–H and O–H groups in total. The minimum absolute atomic E-state index is 0.0461. The fraction of sp³-hybridized carbons (Fsp3) is 0.500. The van der Waals surface area contributed by atoms with Crippen LogP contribution in [0.2, 0.25) is 0 Å². The molecule has 0 aromatic heterocycles. The lowest BCUT2D eigenvalue weighted by molar-refractivity contribution is -0.125. The van der Waals surface area contributed by atoms with Crippen LogP contribution in [0.15, 0.2) is 18.2 Å². The quantitative estimate of drug-likeness (QED) is 0.871. The lowest BCUT2D eigenvalue weighted by Gasteiger charge is -2.31. The molecule has 0 saturated carbocycles. The molecule has 1 amide bonds. The van der Waals surface area contributed by atoms with Crippen molar-refractivity contribution < 1.29 is 14.3 Å². The van der Waals surface area contributed by atoms with Gasteiger partial charge in [-0.2, -0.15) is 0 Å². The minimum atomic E-state index is -0.421. The van der Waals surface area contributed by atoms with Crippen molar-refractivity contribution in [2.45, 2.75) is 19.4 Å². The molecule has 4 nitrogen and oxygen atoms in total. The standard InChI is InChI=1S/C14H19FN2O2/c1-16-14(19)11-2-4-17(5-3-11)9-10-6-12(15)8-13(18)7-10/h6-8,11,18H,2-5,9H2,1H3,(H,16,19). The van der Waals surface area contributed by atoms with E-state index in [-0.39, 0.29) is 17.6 Å². The van der Waals surface area contributed by atoms with Crippen molar-refractivity contribution in [3.63, 3.8) is 0 Å². The predicted molar refractivity (Wildman–Crippen MR) is 70.1 cm³/mol. The number of benzene rings is 1. The summed E-state index contributed by atoms with van der Waals surface area (Å²) < 4.78 is 13.2. The molecule has 1 aromatic rings. The van der Waals surface area contributed by atoms with Crippen molar-refractivity contribution in [1.29, 1.82) is 0 Å². The Labute approximate surface area is 112 Å². The summed E-state index contributed by atoms with van der Waals surface area (Å²) in [4.78, 5) is 13.7. The molecule has 1 aliphatic heterocycles. The van der Waals surface area contributed by atoms with Crippen LogP contribution in [0.3, 0.4) is 0 Å². The highest BCUT2D eigenvalue weighted by atomic mass is 19.1. The number of nitrogens with zero attached hydrogens (tertiary/aromatic N) is 1. The molecule has 0 atom stereocenters. The molecule has 104 valence electrons. The second-order valence-electron chi connectivity index (χ2n) is 4.98. The van der Waals surface area contributed by atoms with Gasteiger partial charge in [-0.05, 0) is 43.6 Å². The summed E-state index contributed by atoms with van der Waals surface area (Å²) >= 11 is 0. The van der Waals surface area contributed by atoms with E-state index in [0.717, 1.165) is 37.6 Å². The molecule has 19 heavy (non-hydrogen) atoms. The molecule has 1 aliphatic rings. The number of carbonyl (C=O) groups excluding carboxylic acids is 1. The number of phenolic OH excluding ortho intramolecular Hbond substituents is 1. The van der Waals surface area contributed by atoms with E-state index in [1.54, 1.807) is 13.1 Å². The summed E-state index contributed by atoms with van der Waals surface area (Å²) in [6.45, 7) is 2.23. The molecule has 0 radical (unpaired) electrons. The third-order valence-corrected chi connectivity index (χ3v) is 3.55. The van der Waals surface area contributed by atoms with Gasteiger partial charge in [0.1, 0.15) is 11.6 Å². The topological polar surface area (TPSA) is 52.6 Å². The van der Waals surface area contributed by atoms with Crippen LogP contribution in [0.25, 0.3) is 0 Å². The molecule has 0 aliphatic carbocycles. The fourth-order valence-corrected chi connectivity index (χ4v) is 2.54. The summed E-state index contributed by atoms with van der Waals surface area (Å²) in [5.74, 6) is -0.282. The van der Waals surface area contributed by atoms with Gasteiger partial charge in [-0.15, -0.1) is 0 Å². The number of hydrogen-bond acceptors (Lipinski definition) is 3. The molecular weight excluding hydrogens is 247 g/mol. The summed E-state index contributed by atoms with van der Waals surface area (Å²) in [5.41, 5.74) is 0.760. The number of nitrogens with one attached hydrogen (secondary N) is 1. The Hall–Kier alpha value is -1.62. The predicted octanol–water partition coefficient (Wildman–Crippen LogP) is 1.49. The van der Waals surface area contributed by atoms with Gasteiger partial charge in [0.15, 0.2) is 0 Å². The van der Waals surface area contributed by atoms with E-state index in [4.69, 9.17) is 0 Å². The Bertz CT molecular complexity index is 437. The van der Waals surface area contributed by atoms with E-state index >= 15 is 0 Å². The number of amides is 1. The van der Waals surface area contributed by atoms with Crippen molar-refractivity contribution in [1.82, 2.24) is 10.2 Å². The van der Waals surface area contributed by atoms with Gasteiger partial charge >= 0.3 is 0 Å². The van der Waals surface area contributed by atoms with E-state index < -0.39 is 5.82 Å². The minimum Gasteiger partial charge on any atom is -0.508 e. The Morgan fingerprint density at radius 1 is 1.42 bits per heavy atom. The van der Waals surface area contributed by atoms with Crippen LogP contribution in [0.4, 0.5) is 4.39 Å². The second kappa shape index (κ2) is 6.02. The van der Waals surface area contributed by atoms with Gasteiger partial charge in [-0.25, -0.2) is 4.39 Å². The van der Waals surface area contributed by atoms with E-state index in [0.29, 0.717) is 6.54 Å². The van der Waals surface area contributed by atoms with E-state index in [1.165, 1.54) is 6.07 Å². The van der Waals surface area contributed by atoms with Gasteiger partial charge in [0.2, 0.25) is 5.91 Å². The van der Waals surface area contributed by atoms with E-state index in [2.05, 4.69) is 10.2 Å². The third kappa shape index (κ3) is 3.67. The lowest BCUT2D eigenvalue weighted by atomic mass is 9.95. The van der Waals surface area contributed by atoms with Gasteiger partial charge in [0, 0.05) is 25.6 Å². The van der Waals surface area contributed by atoms with Gasteiger partial charge in [-0.1, -0.05) is 0 Å². The SMILES string of the molecule is CNC(=O)C1CCN(Cc2cc(O)cc(F)c2)CC1. The summed E-state index contributed by atoms with van der Waals surface area (Å²) in [5, 5.41) is 12.0. The second-order valence-corrected chi connectivity index (χ2v) is 4.98. The number of carbonyl (C=O) groups is 1. The van der Waals surface area contributed by atoms with Crippen LogP contribution in [0.1, 0.15) is 18.4 Å². The largest absolute Gasteiger partial charge is 0.508 e. The van der Waals surface area contributed by atoms with Crippen molar-refractivity contribution in [2.75, 3.05) is 20.1 Å². The molecule has 1 heterocycles. The molecule has 2 rings (SSSR count). The smallest absolute Gasteiger partial charge is 0.222 e.